The number of benzene rings is 3. The number of nitrogens with one attached hydrogen (secondary N) is 1. The number of anilines is 1. The number of amides is 1. The van der Waals surface area contributed by atoms with Crippen molar-refractivity contribution in [3.63, 3.8) is 0 Å². The van der Waals surface area contributed by atoms with Crippen molar-refractivity contribution in [1.29, 1.82) is 0 Å². The van der Waals surface area contributed by atoms with Gasteiger partial charge in [0.1, 0.15) is 17.4 Å². The Morgan fingerprint density at radius 1 is 1.12 bits per heavy atom. The maximum absolute atomic E-state index is 13.6. The zero-order valence-electron chi connectivity index (χ0n) is 17.3. The van der Waals surface area contributed by atoms with E-state index in [1.54, 1.807) is 22.9 Å². The molecule has 3 aromatic carbocycles. The lowest BCUT2D eigenvalue weighted by Gasteiger charge is -2.15. The first-order valence-corrected chi connectivity index (χ1v) is 11.7. The van der Waals surface area contributed by atoms with Gasteiger partial charge in [-0.2, -0.15) is 5.10 Å². The van der Waals surface area contributed by atoms with E-state index < -0.39 is 10.8 Å². The highest BCUT2D eigenvalue weighted by molar-refractivity contribution is 7.83. The van der Waals surface area contributed by atoms with E-state index in [1.807, 2.05) is 37.3 Å². The van der Waals surface area contributed by atoms with Gasteiger partial charge >= 0.3 is 0 Å². The molecule has 1 aliphatic rings. The van der Waals surface area contributed by atoms with E-state index in [0.717, 1.165) is 16.3 Å². The van der Waals surface area contributed by atoms with Crippen LogP contribution in [-0.2, 0) is 22.3 Å². The molecule has 0 saturated heterocycles. The van der Waals surface area contributed by atoms with Gasteiger partial charge in [0.25, 0.3) is 5.91 Å². The van der Waals surface area contributed by atoms with Gasteiger partial charge < -0.3 is 10.1 Å². The van der Waals surface area contributed by atoms with Gasteiger partial charge in [0, 0.05) is 16.4 Å². The fourth-order valence-electron chi connectivity index (χ4n) is 3.96. The maximum Gasteiger partial charge on any atom is 0.261 e. The van der Waals surface area contributed by atoms with Gasteiger partial charge in [0.15, 0.2) is 0 Å². The van der Waals surface area contributed by atoms with E-state index in [0.29, 0.717) is 46.6 Å². The number of nitrogens with zero attached hydrogens (tertiary/aromatic N) is 2. The van der Waals surface area contributed by atoms with Crippen molar-refractivity contribution in [2.75, 3.05) is 11.9 Å². The van der Waals surface area contributed by atoms with Crippen LogP contribution in [-0.4, -0.2) is 26.5 Å². The van der Waals surface area contributed by atoms with Crippen LogP contribution in [0.2, 0.25) is 0 Å². The largest absolute Gasteiger partial charge is 0.493 e. The van der Waals surface area contributed by atoms with Crippen molar-refractivity contribution in [2.45, 2.75) is 18.4 Å². The highest BCUT2D eigenvalue weighted by Crippen LogP contribution is 2.34. The molecule has 5 rings (SSSR count). The number of carbonyl (C=O) groups excluding carboxylic acids is 1. The van der Waals surface area contributed by atoms with Crippen LogP contribution in [0.1, 0.15) is 28.5 Å². The lowest BCUT2D eigenvalue weighted by atomic mass is 10.0. The Balaban J connectivity index is 1.62. The predicted octanol–water partition coefficient (Wildman–Crippen LogP) is 4.58. The van der Waals surface area contributed by atoms with Crippen molar-refractivity contribution >= 4 is 33.3 Å². The summed E-state index contributed by atoms with van der Waals surface area (Å²) in [6, 6.07) is 17.2. The lowest BCUT2D eigenvalue weighted by Crippen LogP contribution is -2.18. The van der Waals surface area contributed by atoms with E-state index in [2.05, 4.69) is 10.4 Å². The third-order valence-corrected chi connectivity index (χ3v) is 6.60. The molecule has 8 heteroatoms. The molecule has 0 saturated carbocycles. The first-order valence-electron chi connectivity index (χ1n) is 10.2. The summed E-state index contributed by atoms with van der Waals surface area (Å²) < 4.78 is 32.9. The number of hydrogen-bond acceptors (Lipinski definition) is 4. The Bertz CT molecular complexity index is 1370. The fraction of sp³-hybridized carbons (Fsp3) is 0.167. The SMILES string of the molecule is CCOc1ccc2ccccc2c1C(=O)Nc1c2c(nn1-c1ccc(F)cc1)C[S@](=O)C2. The number of hydrogen-bond donors (Lipinski definition) is 1. The molecule has 2 heterocycles. The Kier molecular flexibility index (Phi) is 5.22. The van der Waals surface area contributed by atoms with Crippen LogP contribution in [0.5, 0.6) is 5.75 Å². The van der Waals surface area contributed by atoms with E-state index in [9.17, 15) is 13.4 Å². The average Bonchev–Trinajstić information content (AvgIpc) is 3.31. The third kappa shape index (κ3) is 3.56. The van der Waals surface area contributed by atoms with Crippen molar-refractivity contribution in [3.8, 4) is 11.4 Å². The second kappa shape index (κ2) is 8.20. The summed E-state index contributed by atoms with van der Waals surface area (Å²) in [5.41, 5.74) is 2.43. The molecule has 0 bridgehead atoms. The molecule has 0 spiro atoms. The highest BCUT2D eigenvalue weighted by Gasteiger charge is 2.29. The number of ether oxygens (including phenoxy) is 1. The Morgan fingerprint density at radius 2 is 1.91 bits per heavy atom. The predicted molar refractivity (Wildman–Crippen MR) is 122 cm³/mol. The number of aromatic nitrogens is 2. The van der Waals surface area contributed by atoms with E-state index in [-0.39, 0.29) is 11.7 Å². The third-order valence-electron chi connectivity index (χ3n) is 5.39. The number of halogens is 1. The minimum absolute atomic E-state index is 0.306. The van der Waals surface area contributed by atoms with Crippen LogP contribution in [0.4, 0.5) is 10.2 Å². The number of rotatable bonds is 5. The van der Waals surface area contributed by atoms with Gasteiger partial charge in [0.05, 0.1) is 35.1 Å². The van der Waals surface area contributed by atoms with Crippen LogP contribution < -0.4 is 10.1 Å². The summed E-state index contributed by atoms with van der Waals surface area (Å²) >= 11 is 0. The number of carbonyl (C=O) groups is 1. The van der Waals surface area contributed by atoms with Crippen molar-refractivity contribution < 1.29 is 18.1 Å². The Morgan fingerprint density at radius 3 is 2.69 bits per heavy atom. The smallest absolute Gasteiger partial charge is 0.261 e. The second-order valence-electron chi connectivity index (χ2n) is 7.44. The molecule has 0 radical (unpaired) electrons. The molecule has 1 aliphatic heterocycles. The van der Waals surface area contributed by atoms with Gasteiger partial charge in [-0.25, -0.2) is 9.07 Å². The summed E-state index contributed by atoms with van der Waals surface area (Å²) in [7, 11) is -1.07. The standard InChI is InChI=1S/C24H20FN3O3S/c1-2-31-21-12-7-15-5-3-4-6-18(15)22(21)24(29)26-23-19-13-32(30)14-20(19)27-28(23)17-10-8-16(25)9-11-17/h3-12H,2,13-14H2,1H3,(H,26,29)/t32-/m1/s1. The van der Waals surface area contributed by atoms with Gasteiger partial charge in [-0.05, 0) is 48.0 Å². The average molecular weight is 450 g/mol. The zero-order valence-corrected chi connectivity index (χ0v) is 18.1. The lowest BCUT2D eigenvalue weighted by molar-refractivity contribution is 0.102. The van der Waals surface area contributed by atoms with Gasteiger partial charge in [0.2, 0.25) is 0 Å². The topological polar surface area (TPSA) is 73.2 Å². The Hall–Kier alpha value is -3.52. The molecule has 32 heavy (non-hydrogen) atoms. The molecule has 6 nitrogen and oxygen atoms in total. The summed E-state index contributed by atoms with van der Waals surface area (Å²) in [6.07, 6.45) is 0. The minimum Gasteiger partial charge on any atom is -0.493 e. The quantitative estimate of drug-likeness (QED) is 0.484. The molecule has 1 atom stereocenters. The first kappa shape index (κ1) is 20.4. The van der Waals surface area contributed by atoms with Gasteiger partial charge in [-0.15, -0.1) is 0 Å². The fourth-order valence-corrected chi connectivity index (χ4v) is 5.22. The summed E-state index contributed by atoms with van der Waals surface area (Å²) in [6.45, 7) is 2.28. The summed E-state index contributed by atoms with van der Waals surface area (Å²) in [5, 5.41) is 9.23. The molecular formula is C24H20FN3O3S. The van der Waals surface area contributed by atoms with Gasteiger partial charge in [-0.1, -0.05) is 30.3 Å². The molecule has 1 aromatic heterocycles. The molecule has 1 amide bonds. The second-order valence-corrected chi connectivity index (χ2v) is 8.89. The monoisotopic (exact) mass is 449 g/mol. The van der Waals surface area contributed by atoms with Crippen LogP contribution in [0.25, 0.3) is 16.5 Å². The molecule has 0 unspecified atom stereocenters. The van der Waals surface area contributed by atoms with Crippen LogP contribution in [0.15, 0.2) is 60.7 Å². The van der Waals surface area contributed by atoms with E-state index in [4.69, 9.17) is 4.74 Å². The van der Waals surface area contributed by atoms with Crippen LogP contribution in [0.3, 0.4) is 0 Å². The first-order chi connectivity index (χ1) is 15.5. The Labute approximate surface area is 186 Å². The van der Waals surface area contributed by atoms with E-state index >= 15 is 0 Å². The number of fused-ring (bicyclic) bond motifs is 2. The van der Waals surface area contributed by atoms with Crippen LogP contribution in [0, 0.1) is 5.82 Å². The van der Waals surface area contributed by atoms with E-state index in [1.165, 1.54) is 12.1 Å². The highest BCUT2D eigenvalue weighted by atomic mass is 32.2. The normalized spacial score (nSPS) is 15.0. The molecule has 0 aliphatic carbocycles. The maximum atomic E-state index is 13.6. The summed E-state index contributed by atoms with van der Waals surface area (Å²) in [5.74, 6) is 0.839. The molecule has 4 aromatic rings. The molecular weight excluding hydrogens is 429 g/mol. The minimum atomic E-state index is -1.07. The zero-order chi connectivity index (χ0) is 22.2. The molecule has 162 valence electrons. The molecule has 1 N–H and O–H groups in total. The van der Waals surface area contributed by atoms with Crippen molar-refractivity contribution in [1.82, 2.24) is 9.78 Å². The molecule has 0 fully saturated rings. The summed E-state index contributed by atoms with van der Waals surface area (Å²) in [4.78, 5) is 13.6. The van der Waals surface area contributed by atoms with Crippen LogP contribution >= 0.6 is 0 Å². The van der Waals surface area contributed by atoms with Gasteiger partial charge in [-0.3, -0.25) is 9.00 Å². The van der Waals surface area contributed by atoms with Crippen molar-refractivity contribution in [2.24, 2.45) is 0 Å². The van der Waals surface area contributed by atoms with Crippen molar-refractivity contribution in [3.05, 3.63) is 83.3 Å².